The highest BCUT2D eigenvalue weighted by Gasteiger charge is 2.11. The van der Waals surface area contributed by atoms with Crippen molar-refractivity contribution in [1.82, 2.24) is 10.3 Å². The summed E-state index contributed by atoms with van der Waals surface area (Å²) in [7, 11) is 0. The molecule has 9 heteroatoms. The van der Waals surface area contributed by atoms with Crippen LogP contribution in [-0.2, 0) is 6.42 Å². The van der Waals surface area contributed by atoms with E-state index >= 15 is 0 Å². The van der Waals surface area contributed by atoms with Crippen molar-refractivity contribution in [3.05, 3.63) is 69.2 Å². The van der Waals surface area contributed by atoms with Crippen molar-refractivity contribution in [3.8, 4) is 22.8 Å². The van der Waals surface area contributed by atoms with Gasteiger partial charge in [0, 0.05) is 17.0 Å². The van der Waals surface area contributed by atoms with E-state index in [0.29, 0.717) is 24.5 Å². The van der Waals surface area contributed by atoms with Crippen LogP contribution in [0.15, 0.2) is 48.5 Å². The summed E-state index contributed by atoms with van der Waals surface area (Å²) in [5, 5.41) is 24.3. The minimum absolute atomic E-state index is 0.255. The first kappa shape index (κ1) is 28.3. The standard InChI is InChI=1S/C28H38N4O4S/c1-3-4-17-30-18-16-26-27(31-21(2)37-26)22-8-12-24(13-9-22)35-19-6-5-7-20-36-25-14-10-23(11-15-25)28(29)32(33)34/h8-15,30H,3-7,16-20,29H2,1-2H3,(H,33,34). The Morgan fingerprint density at radius 2 is 1.59 bits per heavy atom. The Kier molecular flexibility index (Phi) is 11.5. The molecule has 0 saturated carbocycles. The molecule has 1 heterocycles. The summed E-state index contributed by atoms with van der Waals surface area (Å²) in [4.78, 5) is 5.76. The Balaban J connectivity index is 1.35. The molecule has 0 aliphatic heterocycles. The summed E-state index contributed by atoms with van der Waals surface area (Å²) in [6.07, 6.45) is 6.25. The third kappa shape index (κ3) is 9.26. The topological polar surface area (TPSA) is 116 Å². The maximum atomic E-state index is 10.8. The van der Waals surface area contributed by atoms with Crippen LogP contribution in [0.1, 0.15) is 54.5 Å². The van der Waals surface area contributed by atoms with Crippen LogP contribution in [0.5, 0.6) is 11.5 Å². The van der Waals surface area contributed by atoms with Gasteiger partial charge in [-0.05, 0) is 99.0 Å². The third-order valence-electron chi connectivity index (χ3n) is 5.85. The molecule has 0 bridgehead atoms. The van der Waals surface area contributed by atoms with Crippen LogP contribution < -0.4 is 20.5 Å². The van der Waals surface area contributed by atoms with E-state index in [1.807, 2.05) is 12.1 Å². The fraction of sp³-hybridized carbons (Fsp3) is 0.429. The van der Waals surface area contributed by atoms with Crippen molar-refractivity contribution < 1.29 is 19.6 Å². The number of nitrogens with two attached hydrogens (primary N) is 1. The van der Waals surface area contributed by atoms with Gasteiger partial charge in [0.2, 0.25) is 0 Å². The predicted octanol–water partition coefficient (Wildman–Crippen LogP) is 5.28. The molecule has 37 heavy (non-hydrogen) atoms. The summed E-state index contributed by atoms with van der Waals surface area (Å²) in [5.41, 5.74) is 8.15. The minimum atomic E-state index is -0.348. The number of nitrogens with zero attached hydrogens (tertiary/aromatic N) is 2. The summed E-state index contributed by atoms with van der Waals surface area (Å²) < 4.78 is 11.6. The van der Waals surface area contributed by atoms with Crippen LogP contribution in [0.4, 0.5) is 0 Å². The van der Waals surface area contributed by atoms with Crippen molar-refractivity contribution in [3.63, 3.8) is 0 Å². The average molecular weight is 527 g/mol. The number of ether oxygens (including phenoxy) is 2. The van der Waals surface area contributed by atoms with E-state index in [0.717, 1.165) is 60.8 Å². The third-order valence-corrected chi connectivity index (χ3v) is 6.88. The molecular formula is C28H38N4O4S. The van der Waals surface area contributed by atoms with Crippen LogP contribution in [-0.4, -0.2) is 47.2 Å². The number of benzene rings is 2. The molecule has 0 atom stereocenters. The molecule has 0 unspecified atom stereocenters. The molecule has 200 valence electrons. The molecule has 8 nitrogen and oxygen atoms in total. The Bertz CT molecular complexity index is 1110. The second kappa shape index (κ2) is 15.1. The largest absolute Gasteiger partial charge is 0.494 e. The van der Waals surface area contributed by atoms with Gasteiger partial charge in [-0.2, -0.15) is 0 Å². The molecule has 0 spiro atoms. The summed E-state index contributed by atoms with van der Waals surface area (Å²) >= 11 is 1.78. The number of rotatable bonds is 16. The number of nitrogens with one attached hydrogen (secondary N) is 1. The van der Waals surface area contributed by atoms with Crippen LogP contribution >= 0.6 is 11.3 Å². The van der Waals surface area contributed by atoms with E-state index < -0.39 is 0 Å². The van der Waals surface area contributed by atoms with Crippen molar-refractivity contribution in [2.45, 2.75) is 52.4 Å². The minimum Gasteiger partial charge on any atom is -0.494 e. The van der Waals surface area contributed by atoms with E-state index in [1.165, 1.54) is 17.7 Å². The maximum absolute atomic E-state index is 10.8. The molecule has 3 rings (SSSR count). The second-order valence-electron chi connectivity index (χ2n) is 8.82. The number of aromatic nitrogens is 1. The fourth-order valence-electron chi connectivity index (χ4n) is 3.80. The number of amidine groups is 1. The first-order valence-corrected chi connectivity index (χ1v) is 13.7. The second-order valence-corrected chi connectivity index (χ2v) is 10.1. The van der Waals surface area contributed by atoms with Crippen molar-refractivity contribution in [1.29, 1.82) is 0 Å². The van der Waals surface area contributed by atoms with Crippen molar-refractivity contribution in [2.24, 2.45) is 5.73 Å². The normalized spacial score (nSPS) is 11.8. The summed E-state index contributed by atoms with van der Waals surface area (Å²) in [6, 6.07) is 14.9. The number of aryl methyl sites for hydroxylation is 1. The number of unbranched alkanes of at least 4 members (excludes halogenated alkanes) is 3. The Hall–Kier alpha value is -3.30. The van der Waals surface area contributed by atoms with Gasteiger partial charge in [-0.3, -0.25) is 5.73 Å². The Morgan fingerprint density at radius 1 is 0.973 bits per heavy atom. The van der Waals surface area contributed by atoms with Gasteiger partial charge in [-0.1, -0.05) is 13.3 Å². The van der Waals surface area contributed by atoms with E-state index in [2.05, 4.69) is 31.3 Å². The van der Waals surface area contributed by atoms with Gasteiger partial charge in [0.25, 0.3) is 0 Å². The average Bonchev–Trinajstić information content (AvgIpc) is 3.28. The van der Waals surface area contributed by atoms with Crippen molar-refractivity contribution >= 4 is 17.2 Å². The lowest BCUT2D eigenvalue weighted by atomic mass is 10.1. The van der Waals surface area contributed by atoms with Gasteiger partial charge >= 0.3 is 5.84 Å². The quantitative estimate of drug-likeness (QED) is 0.0580. The molecule has 0 aliphatic rings. The van der Waals surface area contributed by atoms with E-state index in [1.54, 1.807) is 35.6 Å². The maximum Gasteiger partial charge on any atom is 0.319 e. The highest BCUT2D eigenvalue weighted by atomic mass is 32.1. The van der Waals surface area contributed by atoms with E-state index in [4.69, 9.17) is 25.4 Å². The Labute approximate surface area is 223 Å². The smallest absolute Gasteiger partial charge is 0.319 e. The lowest BCUT2D eigenvalue weighted by molar-refractivity contribution is -0.726. The summed E-state index contributed by atoms with van der Waals surface area (Å²) in [6.45, 7) is 7.57. The molecule has 0 aliphatic carbocycles. The lowest BCUT2D eigenvalue weighted by Crippen LogP contribution is -2.23. The van der Waals surface area contributed by atoms with Gasteiger partial charge in [0.05, 0.1) is 29.5 Å². The van der Waals surface area contributed by atoms with Gasteiger partial charge in [0.15, 0.2) is 0 Å². The highest BCUT2D eigenvalue weighted by molar-refractivity contribution is 7.12. The van der Waals surface area contributed by atoms with Crippen molar-refractivity contribution in [2.75, 3.05) is 26.3 Å². The van der Waals surface area contributed by atoms with Gasteiger partial charge in [0.1, 0.15) is 11.5 Å². The molecule has 1 aromatic heterocycles. The highest BCUT2D eigenvalue weighted by Crippen LogP contribution is 2.29. The van der Waals surface area contributed by atoms with Gasteiger partial charge < -0.3 is 25.2 Å². The van der Waals surface area contributed by atoms with Crippen LogP contribution in [0.25, 0.3) is 11.3 Å². The lowest BCUT2D eigenvalue weighted by Gasteiger charge is -2.09. The zero-order valence-corrected chi connectivity index (χ0v) is 22.6. The fourth-order valence-corrected chi connectivity index (χ4v) is 4.75. The predicted molar refractivity (Wildman–Crippen MR) is 149 cm³/mol. The number of thiazole rings is 1. The zero-order valence-electron chi connectivity index (χ0n) is 21.7. The van der Waals surface area contributed by atoms with Gasteiger partial charge in [-0.15, -0.1) is 11.3 Å². The summed E-state index contributed by atoms with van der Waals surface area (Å²) in [5.74, 6) is 1.30. The molecule has 3 aromatic rings. The molecule has 0 fully saturated rings. The van der Waals surface area contributed by atoms with E-state index in [-0.39, 0.29) is 10.7 Å². The molecule has 0 saturated heterocycles. The monoisotopic (exact) mass is 526 g/mol. The SMILES string of the molecule is CCCCNCCc1sc(C)nc1-c1ccc(OCCCCCOc2ccc(/C(N)=[N+](/[O-])O)cc2)cc1. The van der Waals surface area contributed by atoms with Gasteiger partial charge in [-0.25, -0.2) is 4.98 Å². The first-order valence-electron chi connectivity index (χ1n) is 12.9. The molecule has 0 amide bonds. The molecule has 0 radical (unpaired) electrons. The van der Waals surface area contributed by atoms with Crippen LogP contribution in [0.2, 0.25) is 0 Å². The van der Waals surface area contributed by atoms with Crippen LogP contribution in [0, 0.1) is 12.1 Å². The van der Waals surface area contributed by atoms with E-state index in [9.17, 15) is 5.21 Å². The molecular weight excluding hydrogens is 488 g/mol. The Morgan fingerprint density at radius 3 is 2.19 bits per heavy atom. The number of hydrogen-bond acceptors (Lipinski definition) is 7. The van der Waals surface area contributed by atoms with Crippen LogP contribution in [0.3, 0.4) is 0 Å². The zero-order chi connectivity index (χ0) is 26.5. The molecule has 2 aromatic carbocycles. The number of hydrogen-bond donors (Lipinski definition) is 3. The molecule has 4 N–H and O–H groups in total. The first-order chi connectivity index (χ1) is 18.0.